The lowest BCUT2D eigenvalue weighted by Crippen LogP contribution is -2.25. The van der Waals surface area contributed by atoms with Gasteiger partial charge in [0.2, 0.25) is 0 Å². The van der Waals surface area contributed by atoms with Crippen LogP contribution in [0.2, 0.25) is 0 Å². The average molecular weight is 350 g/mol. The predicted molar refractivity (Wildman–Crippen MR) is 79.2 cm³/mol. The Morgan fingerprint density at radius 1 is 1.23 bits per heavy atom. The van der Waals surface area contributed by atoms with Crippen molar-refractivity contribution in [3.05, 3.63) is 30.2 Å². The Labute approximate surface area is 127 Å². The van der Waals surface area contributed by atoms with Crippen LogP contribution in [0.1, 0.15) is 6.92 Å². The van der Waals surface area contributed by atoms with Gasteiger partial charge in [0.15, 0.2) is 0 Å². The molecule has 0 aliphatic rings. The molecule has 10 nitrogen and oxygen atoms in total. The quantitative estimate of drug-likeness (QED) is 0.315. The van der Waals surface area contributed by atoms with Gasteiger partial charge in [0.25, 0.3) is 20.2 Å². The summed E-state index contributed by atoms with van der Waals surface area (Å²) in [5, 5.41) is 4.53. The second-order valence-electron chi connectivity index (χ2n) is 3.86. The van der Waals surface area contributed by atoms with Crippen LogP contribution in [0.25, 0.3) is 0 Å². The second kappa shape index (κ2) is 6.31. The van der Waals surface area contributed by atoms with Crippen molar-refractivity contribution in [3.63, 3.8) is 0 Å². The number of anilines is 1. The van der Waals surface area contributed by atoms with Gasteiger partial charge < -0.3 is 11.5 Å². The summed E-state index contributed by atoms with van der Waals surface area (Å²) in [4.78, 5) is -1.29. The summed E-state index contributed by atoms with van der Waals surface area (Å²) < 4.78 is 63.5. The Hall–Kier alpha value is -2.15. The number of benzene rings is 1. The molecule has 0 aromatic heterocycles. The van der Waals surface area contributed by atoms with E-state index < -0.39 is 35.7 Å². The zero-order valence-electron chi connectivity index (χ0n) is 11.3. The molecule has 0 aliphatic carbocycles. The Balaban J connectivity index is 3.79. The van der Waals surface area contributed by atoms with E-state index in [4.69, 9.17) is 16.0 Å². The van der Waals surface area contributed by atoms with Gasteiger partial charge in [-0.3, -0.25) is 9.11 Å². The lowest BCUT2D eigenvalue weighted by molar-refractivity contribution is 0.478. The van der Waals surface area contributed by atoms with Crippen LogP contribution in [0.4, 0.5) is 5.69 Å². The molecule has 1 aromatic carbocycles. The van der Waals surface area contributed by atoms with Crippen LogP contribution in [0.5, 0.6) is 0 Å². The first-order valence-electron chi connectivity index (χ1n) is 5.57. The molecule has 6 N–H and O–H groups in total. The van der Waals surface area contributed by atoms with Crippen LogP contribution >= 0.6 is 0 Å². The zero-order valence-corrected chi connectivity index (χ0v) is 12.9. The molecule has 0 heterocycles. The average Bonchev–Trinajstić information content (AvgIpc) is 2.41. The molecular weight excluding hydrogens is 336 g/mol. The molecule has 12 heteroatoms. The molecule has 0 unspecified atom stereocenters. The monoisotopic (exact) mass is 350 g/mol. The van der Waals surface area contributed by atoms with E-state index in [1.807, 2.05) is 0 Å². The molecule has 0 amide bonds. The minimum absolute atomic E-state index is 0.240. The maximum Gasteiger partial charge on any atom is 0.296 e. The smallest absolute Gasteiger partial charge is 0.296 e. The molecule has 0 saturated carbocycles. The number of nitrogens with zero attached hydrogens (tertiary/aromatic N) is 2. The first kappa shape index (κ1) is 17.9. The second-order valence-corrected chi connectivity index (χ2v) is 6.67. The molecule has 0 bridgehead atoms. The first-order valence-corrected chi connectivity index (χ1v) is 8.45. The standard InChI is InChI=1S/C10H14N4O6S2/c1-2-13-14(10(12)6-11)8-5-7(21(15,16)17)3-4-9(8)22(18,19)20/h2-6H,11-12H2,1H3,(H,15,16,17)(H,18,19,20)/b10-6+,13-2+. The highest BCUT2D eigenvalue weighted by molar-refractivity contribution is 7.86. The molecule has 0 aliphatic heterocycles. The Bertz CT molecular complexity index is 829. The van der Waals surface area contributed by atoms with Crippen molar-refractivity contribution in [2.45, 2.75) is 16.7 Å². The molecule has 0 fully saturated rings. The highest BCUT2D eigenvalue weighted by Crippen LogP contribution is 2.30. The number of hydrazone groups is 1. The largest absolute Gasteiger partial charge is 0.402 e. The summed E-state index contributed by atoms with van der Waals surface area (Å²) in [6, 6.07) is 2.37. The number of nitrogens with two attached hydrogens (primary N) is 2. The fourth-order valence-electron chi connectivity index (χ4n) is 1.50. The fraction of sp³-hybridized carbons (Fsp3) is 0.100. The normalized spacial score (nSPS) is 13.5. The number of hydrogen-bond acceptors (Lipinski definition) is 8. The molecule has 0 atom stereocenters. The van der Waals surface area contributed by atoms with E-state index in [1.54, 1.807) is 0 Å². The minimum Gasteiger partial charge on any atom is -0.402 e. The fourth-order valence-corrected chi connectivity index (χ4v) is 2.65. The third kappa shape index (κ3) is 3.94. The third-order valence-electron chi connectivity index (χ3n) is 2.38. The lowest BCUT2D eigenvalue weighted by atomic mass is 10.3. The molecule has 22 heavy (non-hydrogen) atoms. The molecule has 0 radical (unpaired) electrons. The Kier molecular flexibility index (Phi) is 5.13. The van der Waals surface area contributed by atoms with E-state index in [9.17, 15) is 21.4 Å². The summed E-state index contributed by atoms with van der Waals surface area (Å²) >= 11 is 0. The Morgan fingerprint density at radius 3 is 2.23 bits per heavy atom. The first-order chi connectivity index (χ1) is 10.0. The topological polar surface area (TPSA) is 176 Å². The molecule has 0 saturated heterocycles. The van der Waals surface area contributed by atoms with Crippen molar-refractivity contribution in [1.29, 1.82) is 0 Å². The van der Waals surface area contributed by atoms with Gasteiger partial charge in [0, 0.05) is 12.4 Å². The van der Waals surface area contributed by atoms with Crippen LogP contribution in [-0.4, -0.2) is 32.2 Å². The summed E-state index contributed by atoms with van der Waals surface area (Å²) in [6.07, 6.45) is 2.12. The van der Waals surface area contributed by atoms with Crippen molar-refractivity contribution < 1.29 is 25.9 Å². The molecular formula is C10H14N4O6S2. The summed E-state index contributed by atoms with van der Waals surface area (Å²) in [5.41, 5.74) is 10.4. The van der Waals surface area contributed by atoms with Crippen molar-refractivity contribution in [1.82, 2.24) is 0 Å². The highest BCUT2D eigenvalue weighted by Gasteiger charge is 2.24. The SMILES string of the molecule is C/C=N/N(/C(N)=C/N)c1cc(S(=O)(=O)O)ccc1S(=O)(=O)O. The van der Waals surface area contributed by atoms with E-state index in [1.165, 1.54) is 13.1 Å². The van der Waals surface area contributed by atoms with Crippen molar-refractivity contribution in [2.75, 3.05) is 5.01 Å². The third-order valence-corrected chi connectivity index (χ3v) is 4.13. The van der Waals surface area contributed by atoms with E-state index >= 15 is 0 Å². The van der Waals surface area contributed by atoms with E-state index in [2.05, 4.69) is 5.10 Å². The summed E-state index contributed by atoms with van der Waals surface area (Å²) in [6.45, 7) is 1.48. The van der Waals surface area contributed by atoms with E-state index in [0.717, 1.165) is 29.4 Å². The van der Waals surface area contributed by atoms with E-state index in [-0.39, 0.29) is 5.82 Å². The van der Waals surface area contributed by atoms with Gasteiger partial charge >= 0.3 is 0 Å². The summed E-state index contributed by atoms with van der Waals surface area (Å²) in [7, 11) is -9.33. The van der Waals surface area contributed by atoms with Gasteiger partial charge in [-0.15, -0.1) is 0 Å². The van der Waals surface area contributed by atoms with Crippen molar-refractivity contribution in [2.24, 2.45) is 16.6 Å². The minimum atomic E-state index is -4.72. The number of rotatable bonds is 5. The van der Waals surface area contributed by atoms with Gasteiger partial charge in [-0.2, -0.15) is 21.9 Å². The van der Waals surface area contributed by atoms with Crippen LogP contribution in [0.3, 0.4) is 0 Å². The maximum atomic E-state index is 11.4. The molecule has 0 spiro atoms. The van der Waals surface area contributed by atoms with Crippen LogP contribution in [-0.2, 0) is 20.2 Å². The highest BCUT2D eigenvalue weighted by atomic mass is 32.2. The maximum absolute atomic E-state index is 11.4. The van der Waals surface area contributed by atoms with Gasteiger partial charge in [-0.1, -0.05) is 0 Å². The molecule has 1 rings (SSSR count). The van der Waals surface area contributed by atoms with Gasteiger partial charge in [-0.25, -0.2) is 5.01 Å². The summed E-state index contributed by atoms with van der Waals surface area (Å²) in [5.74, 6) is -0.240. The van der Waals surface area contributed by atoms with Gasteiger partial charge in [-0.05, 0) is 25.1 Å². The molecule has 1 aromatic rings. The van der Waals surface area contributed by atoms with Crippen molar-refractivity contribution in [3.8, 4) is 0 Å². The number of hydrogen-bond donors (Lipinski definition) is 4. The lowest BCUT2D eigenvalue weighted by Gasteiger charge is -2.21. The predicted octanol–water partition coefficient (Wildman–Crippen LogP) is -0.292. The van der Waals surface area contributed by atoms with Crippen LogP contribution in [0.15, 0.2) is 45.1 Å². The Morgan fingerprint density at radius 2 is 1.82 bits per heavy atom. The van der Waals surface area contributed by atoms with E-state index in [0.29, 0.717) is 0 Å². The van der Waals surface area contributed by atoms with Gasteiger partial charge in [0.05, 0.1) is 10.6 Å². The van der Waals surface area contributed by atoms with Gasteiger partial charge in [0.1, 0.15) is 10.7 Å². The molecule has 122 valence electrons. The zero-order chi connectivity index (χ0) is 17.1. The van der Waals surface area contributed by atoms with Crippen LogP contribution < -0.4 is 16.5 Å². The van der Waals surface area contributed by atoms with Crippen molar-refractivity contribution >= 4 is 32.1 Å². The van der Waals surface area contributed by atoms with Crippen LogP contribution in [0, 0.1) is 0 Å².